The van der Waals surface area contributed by atoms with E-state index in [-0.39, 0.29) is 0 Å². The van der Waals surface area contributed by atoms with E-state index >= 15 is 0 Å². The van der Waals surface area contributed by atoms with Gasteiger partial charge in [0.05, 0.1) is 59.5 Å². The molecule has 0 amide bonds. The Labute approximate surface area is 131 Å². The lowest BCUT2D eigenvalue weighted by Crippen LogP contribution is -2.12. The average Bonchev–Trinajstić information content (AvgIpc) is 2.98. The molecular weight excluding hydrogens is 284 g/mol. The van der Waals surface area contributed by atoms with Gasteiger partial charge in [-0.15, -0.1) is 0 Å². The lowest BCUT2D eigenvalue weighted by molar-refractivity contribution is 0.0125. The van der Waals surface area contributed by atoms with Gasteiger partial charge in [0.2, 0.25) is 0 Å². The summed E-state index contributed by atoms with van der Waals surface area (Å²) in [5.41, 5.74) is 7.46. The molecule has 3 rings (SSSR count). The van der Waals surface area contributed by atoms with E-state index in [2.05, 4.69) is 6.92 Å². The third-order valence-electron chi connectivity index (χ3n) is 4.38. The SMILES string of the molecule is COCc1c(C)c2c(c3c1COCCOCCOC3)COC2. The highest BCUT2D eigenvalue weighted by atomic mass is 16.5. The van der Waals surface area contributed by atoms with Crippen molar-refractivity contribution in [3.8, 4) is 0 Å². The Kier molecular flexibility index (Phi) is 5.44. The molecular formula is C17H24O5. The summed E-state index contributed by atoms with van der Waals surface area (Å²) in [6, 6.07) is 0. The maximum absolute atomic E-state index is 5.82. The number of methoxy groups -OCH3 is 1. The van der Waals surface area contributed by atoms with Gasteiger partial charge in [0.1, 0.15) is 0 Å². The predicted molar refractivity (Wildman–Crippen MR) is 80.5 cm³/mol. The first kappa shape index (κ1) is 15.9. The summed E-state index contributed by atoms with van der Waals surface area (Å²) >= 11 is 0. The third-order valence-corrected chi connectivity index (χ3v) is 4.38. The van der Waals surface area contributed by atoms with Crippen molar-refractivity contribution < 1.29 is 23.7 Å². The quantitative estimate of drug-likeness (QED) is 0.838. The molecule has 2 aliphatic rings. The molecule has 0 unspecified atom stereocenters. The molecule has 2 heterocycles. The second-order valence-electron chi connectivity index (χ2n) is 5.66. The summed E-state index contributed by atoms with van der Waals surface area (Å²) in [6.45, 7) is 7.61. The van der Waals surface area contributed by atoms with Crippen molar-refractivity contribution in [2.45, 2.75) is 40.0 Å². The van der Waals surface area contributed by atoms with Crippen molar-refractivity contribution in [1.82, 2.24) is 0 Å². The van der Waals surface area contributed by atoms with E-state index in [4.69, 9.17) is 23.7 Å². The molecule has 5 nitrogen and oxygen atoms in total. The van der Waals surface area contributed by atoms with Crippen LogP contribution in [0.4, 0.5) is 0 Å². The Balaban J connectivity index is 2.04. The van der Waals surface area contributed by atoms with Crippen molar-refractivity contribution in [2.75, 3.05) is 33.5 Å². The first-order valence-electron chi connectivity index (χ1n) is 7.77. The fourth-order valence-electron chi connectivity index (χ4n) is 3.18. The van der Waals surface area contributed by atoms with Crippen LogP contribution in [0.25, 0.3) is 0 Å². The van der Waals surface area contributed by atoms with Gasteiger partial charge in [-0.3, -0.25) is 0 Å². The highest BCUT2D eigenvalue weighted by Crippen LogP contribution is 2.34. The van der Waals surface area contributed by atoms with Crippen molar-refractivity contribution in [3.05, 3.63) is 33.4 Å². The molecule has 122 valence electrons. The first-order valence-corrected chi connectivity index (χ1v) is 7.77. The van der Waals surface area contributed by atoms with Crippen molar-refractivity contribution in [3.63, 3.8) is 0 Å². The standard InChI is InChI=1S/C17H24O5/c1-12-13(7-18-2)15-9-20-5-3-19-4-6-21-10-17(15)16-11-22-8-14(12)16/h3-11H2,1-2H3. The van der Waals surface area contributed by atoms with Gasteiger partial charge in [0.15, 0.2) is 0 Å². The number of hydrogen-bond donors (Lipinski definition) is 0. The third kappa shape index (κ3) is 3.19. The molecule has 0 saturated carbocycles. The molecule has 0 fully saturated rings. The minimum absolute atomic E-state index is 0.564. The normalized spacial score (nSPS) is 19.4. The predicted octanol–water partition coefficient (Wildman–Crippen LogP) is 2.24. The summed E-state index contributed by atoms with van der Waals surface area (Å²) in [5.74, 6) is 0. The molecule has 0 radical (unpaired) electrons. The van der Waals surface area contributed by atoms with E-state index in [1.54, 1.807) is 7.11 Å². The Morgan fingerprint density at radius 1 is 0.727 bits per heavy atom. The van der Waals surface area contributed by atoms with Crippen molar-refractivity contribution in [2.24, 2.45) is 0 Å². The average molecular weight is 308 g/mol. The lowest BCUT2D eigenvalue weighted by Gasteiger charge is -2.21. The fraction of sp³-hybridized carbons (Fsp3) is 0.647. The van der Waals surface area contributed by atoms with E-state index in [1.165, 1.54) is 33.4 Å². The van der Waals surface area contributed by atoms with Gasteiger partial charge < -0.3 is 23.7 Å². The van der Waals surface area contributed by atoms with E-state index in [9.17, 15) is 0 Å². The second-order valence-corrected chi connectivity index (χ2v) is 5.66. The summed E-state index contributed by atoms with van der Waals surface area (Å²) in [4.78, 5) is 0. The topological polar surface area (TPSA) is 46.2 Å². The van der Waals surface area contributed by atoms with Gasteiger partial charge in [0, 0.05) is 7.11 Å². The largest absolute Gasteiger partial charge is 0.380 e. The van der Waals surface area contributed by atoms with Gasteiger partial charge in [-0.25, -0.2) is 0 Å². The lowest BCUT2D eigenvalue weighted by atomic mass is 9.89. The second kappa shape index (κ2) is 7.53. The monoisotopic (exact) mass is 308 g/mol. The molecule has 0 atom stereocenters. The van der Waals surface area contributed by atoms with E-state index in [0.29, 0.717) is 59.5 Å². The number of ether oxygens (including phenoxy) is 5. The maximum Gasteiger partial charge on any atom is 0.0728 e. The molecule has 22 heavy (non-hydrogen) atoms. The van der Waals surface area contributed by atoms with Crippen LogP contribution in [-0.2, 0) is 56.7 Å². The fourth-order valence-corrected chi connectivity index (χ4v) is 3.18. The summed E-state index contributed by atoms with van der Waals surface area (Å²) in [5, 5.41) is 0. The summed E-state index contributed by atoms with van der Waals surface area (Å²) in [6.07, 6.45) is 0. The van der Waals surface area contributed by atoms with Gasteiger partial charge in [-0.1, -0.05) is 0 Å². The number of fused-ring (bicyclic) bond motifs is 3. The van der Waals surface area contributed by atoms with E-state index < -0.39 is 0 Å². The van der Waals surface area contributed by atoms with Crippen molar-refractivity contribution >= 4 is 0 Å². The van der Waals surface area contributed by atoms with Crippen LogP contribution in [-0.4, -0.2) is 33.5 Å². The van der Waals surface area contributed by atoms with Crippen LogP contribution < -0.4 is 0 Å². The molecule has 5 heteroatoms. The van der Waals surface area contributed by atoms with Crippen LogP contribution in [0.15, 0.2) is 0 Å². The van der Waals surface area contributed by atoms with Crippen LogP contribution in [0, 0.1) is 6.92 Å². The van der Waals surface area contributed by atoms with Crippen LogP contribution in [0.3, 0.4) is 0 Å². The highest BCUT2D eigenvalue weighted by molar-refractivity contribution is 5.52. The maximum atomic E-state index is 5.82. The zero-order valence-electron chi connectivity index (χ0n) is 13.4. The summed E-state index contributed by atoms with van der Waals surface area (Å²) < 4.78 is 28.2. The number of hydrogen-bond acceptors (Lipinski definition) is 5. The molecule has 2 aliphatic heterocycles. The molecule has 0 aliphatic carbocycles. The van der Waals surface area contributed by atoms with Gasteiger partial charge in [-0.2, -0.15) is 0 Å². The van der Waals surface area contributed by atoms with Crippen LogP contribution >= 0.6 is 0 Å². The molecule has 0 saturated heterocycles. The van der Waals surface area contributed by atoms with Crippen LogP contribution in [0.1, 0.15) is 33.4 Å². The molecule has 0 bridgehead atoms. The smallest absolute Gasteiger partial charge is 0.0728 e. The highest BCUT2D eigenvalue weighted by Gasteiger charge is 2.25. The van der Waals surface area contributed by atoms with E-state index in [1.807, 2.05) is 0 Å². The Morgan fingerprint density at radius 3 is 2.00 bits per heavy atom. The summed E-state index contributed by atoms with van der Waals surface area (Å²) in [7, 11) is 1.73. The Morgan fingerprint density at radius 2 is 1.27 bits per heavy atom. The van der Waals surface area contributed by atoms with E-state index in [0.717, 1.165) is 0 Å². The molecule has 1 aromatic rings. The van der Waals surface area contributed by atoms with Gasteiger partial charge >= 0.3 is 0 Å². The molecule has 0 N–H and O–H groups in total. The van der Waals surface area contributed by atoms with Crippen molar-refractivity contribution in [1.29, 1.82) is 0 Å². The molecule has 0 aromatic heterocycles. The molecule has 0 spiro atoms. The van der Waals surface area contributed by atoms with Gasteiger partial charge in [-0.05, 0) is 40.3 Å². The Hall–Kier alpha value is -0.980. The van der Waals surface area contributed by atoms with Gasteiger partial charge in [0.25, 0.3) is 0 Å². The van der Waals surface area contributed by atoms with Crippen LogP contribution in [0.2, 0.25) is 0 Å². The Bertz CT molecular complexity index is 527. The molecule has 1 aromatic carbocycles. The number of rotatable bonds is 2. The minimum Gasteiger partial charge on any atom is -0.380 e. The van der Waals surface area contributed by atoms with Crippen LogP contribution in [0.5, 0.6) is 0 Å². The zero-order chi connectivity index (χ0) is 15.4. The minimum atomic E-state index is 0.564. The number of benzene rings is 1. The first-order chi connectivity index (χ1) is 10.8. The zero-order valence-corrected chi connectivity index (χ0v) is 13.4.